The maximum Gasteiger partial charge on any atom is 0.313 e. The van der Waals surface area contributed by atoms with Crippen molar-refractivity contribution < 1.29 is 28.6 Å². The number of furan rings is 1. The summed E-state index contributed by atoms with van der Waals surface area (Å²) in [6, 6.07) is 14.4. The zero-order chi connectivity index (χ0) is 22.2. The zero-order valence-corrected chi connectivity index (χ0v) is 18.2. The first-order valence-electron chi connectivity index (χ1n) is 10.3. The number of hydrogen-bond donors (Lipinski definition) is 1. The Morgan fingerprint density at radius 2 is 1.87 bits per heavy atom. The lowest BCUT2D eigenvalue weighted by atomic mass is 10.1. The molecule has 166 valence electrons. The molecule has 0 unspecified atom stereocenters. The molecule has 1 heterocycles. The number of hydroxylamine groups is 2. The summed E-state index contributed by atoms with van der Waals surface area (Å²) in [5.41, 5.74) is 2.29. The van der Waals surface area contributed by atoms with Gasteiger partial charge in [-0.25, -0.2) is 5.06 Å². The molecule has 0 bridgehead atoms. The number of fused-ring (bicyclic) bond motifs is 1. The molecule has 0 saturated carbocycles. The normalized spacial score (nSPS) is 12.1. The number of ether oxygens (including phenoxy) is 3. The average Bonchev–Trinajstić information content (AvgIpc) is 3.16. The fourth-order valence-corrected chi connectivity index (χ4v) is 3.19. The van der Waals surface area contributed by atoms with Gasteiger partial charge < -0.3 is 18.6 Å². The molecular weight excluding hydrogens is 398 g/mol. The van der Waals surface area contributed by atoms with Gasteiger partial charge >= 0.3 is 5.91 Å². The predicted octanol–water partition coefficient (Wildman–Crippen LogP) is 4.59. The minimum absolute atomic E-state index is 0.0647. The molecule has 0 saturated heterocycles. The Labute approximate surface area is 182 Å². The molecule has 7 nitrogen and oxygen atoms in total. The highest BCUT2D eigenvalue weighted by Gasteiger charge is 2.29. The molecule has 0 fully saturated rings. The Balaban J connectivity index is 1.76. The van der Waals surface area contributed by atoms with E-state index >= 15 is 0 Å². The van der Waals surface area contributed by atoms with Crippen LogP contribution in [0.3, 0.4) is 0 Å². The van der Waals surface area contributed by atoms with Gasteiger partial charge in [0.1, 0.15) is 17.9 Å². The summed E-state index contributed by atoms with van der Waals surface area (Å²) in [4.78, 5) is 13.1. The Bertz CT molecular complexity index is 981. The highest BCUT2D eigenvalue weighted by molar-refractivity contribution is 5.98. The standard InChI is InChI=1S/C24H29NO6/c1-4-18(15-30-19-11-9-17(2)10-12-19)25(27)24(26)23-21(16-29-14-13-28-3)20-7-5-6-8-22(20)31-23/h5-12,18,27H,4,13-16H2,1-3H3/t18-/m0/s1. The molecule has 1 atom stereocenters. The fourth-order valence-electron chi connectivity index (χ4n) is 3.19. The zero-order valence-electron chi connectivity index (χ0n) is 18.2. The van der Waals surface area contributed by atoms with Crippen molar-refractivity contribution in [2.75, 3.05) is 26.9 Å². The highest BCUT2D eigenvalue weighted by atomic mass is 16.5. The van der Waals surface area contributed by atoms with Crippen molar-refractivity contribution in [3.8, 4) is 5.75 Å². The number of para-hydroxylation sites is 1. The van der Waals surface area contributed by atoms with E-state index < -0.39 is 11.9 Å². The number of carbonyl (C=O) groups excluding carboxylic acids is 1. The maximum absolute atomic E-state index is 13.1. The molecule has 1 aromatic heterocycles. The van der Waals surface area contributed by atoms with Crippen LogP contribution in [0.1, 0.15) is 35.0 Å². The van der Waals surface area contributed by atoms with Gasteiger partial charge in [-0.15, -0.1) is 0 Å². The second kappa shape index (κ2) is 10.9. The smallest absolute Gasteiger partial charge is 0.313 e. The van der Waals surface area contributed by atoms with Crippen molar-refractivity contribution in [3.05, 3.63) is 65.4 Å². The first kappa shape index (κ1) is 22.8. The van der Waals surface area contributed by atoms with Crippen LogP contribution < -0.4 is 4.74 Å². The first-order chi connectivity index (χ1) is 15.0. The topological polar surface area (TPSA) is 81.4 Å². The van der Waals surface area contributed by atoms with Gasteiger partial charge in [0.05, 0.1) is 25.9 Å². The molecule has 0 radical (unpaired) electrons. The number of benzene rings is 2. The van der Waals surface area contributed by atoms with Crippen molar-refractivity contribution in [3.63, 3.8) is 0 Å². The summed E-state index contributed by atoms with van der Waals surface area (Å²) in [6.45, 7) is 5.03. The summed E-state index contributed by atoms with van der Waals surface area (Å²) >= 11 is 0. The van der Waals surface area contributed by atoms with Crippen LogP contribution >= 0.6 is 0 Å². The molecule has 0 aliphatic rings. The Morgan fingerprint density at radius 1 is 1.13 bits per heavy atom. The van der Waals surface area contributed by atoms with Crippen LogP contribution in [-0.2, 0) is 16.1 Å². The lowest BCUT2D eigenvalue weighted by Gasteiger charge is -2.24. The quantitative estimate of drug-likeness (QED) is 0.274. The molecular formula is C24H29NO6. The van der Waals surface area contributed by atoms with E-state index in [0.29, 0.717) is 41.6 Å². The van der Waals surface area contributed by atoms with E-state index in [2.05, 4.69) is 0 Å². The fraction of sp³-hybridized carbons (Fsp3) is 0.375. The number of hydrogen-bond acceptors (Lipinski definition) is 6. The summed E-state index contributed by atoms with van der Waals surface area (Å²) in [5, 5.41) is 12.2. The van der Waals surface area contributed by atoms with Gasteiger partial charge in [-0.3, -0.25) is 10.0 Å². The Kier molecular flexibility index (Phi) is 8.06. The van der Waals surface area contributed by atoms with Gasteiger partial charge in [0.2, 0.25) is 5.76 Å². The van der Waals surface area contributed by atoms with E-state index in [1.54, 1.807) is 13.2 Å². The van der Waals surface area contributed by atoms with E-state index in [1.807, 2.05) is 56.3 Å². The number of aryl methyl sites for hydroxylation is 1. The van der Waals surface area contributed by atoms with Crippen molar-refractivity contribution in [1.29, 1.82) is 0 Å². The van der Waals surface area contributed by atoms with E-state index in [-0.39, 0.29) is 19.0 Å². The Hall–Kier alpha value is -2.87. The number of rotatable bonds is 11. The largest absolute Gasteiger partial charge is 0.491 e. The molecule has 1 N–H and O–H groups in total. The van der Waals surface area contributed by atoms with Gasteiger partial charge in [0, 0.05) is 18.1 Å². The third-order valence-electron chi connectivity index (χ3n) is 5.06. The SMILES string of the molecule is CC[C@@H](COc1ccc(C)cc1)N(O)C(=O)c1oc2ccccc2c1COCCOC. The third-order valence-corrected chi connectivity index (χ3v) is 5.06. The molecule has 0 aliphatic carbocycles. The second-order valence-corrected chi connectivity index (χ2v) is 7.29. The maximum atomic E-state index is 13.1. The van der Waals surface area contributed by atoms with E-state index in [4.69, 9.17) is 18.6 Å². The summed E-state index contributed by atoms with van der Waals surface area (Å²) in [6.07, 6.45) is 0.508. The molecule has 31 heavy (non-hydrogen) atoms. The number of amides is 1. The second-order valence-electron chi connectivity index (χ2n) is 7.29. The van der Waals surface area contributed by atoms with E-state index in [1.165, 1.54) is 0 Å². The van der Waals surface area contributed by atoms with Gasteiger partial charge in [0.25, 0.3) is 0 Å². The number of nitrogens with zero attached hydrogens (tertiary/aromatic N) is 1. The average molecular weight is 427 g/mol. The van der Waals surface area contributed by atoms with Crippen molar-refractivity contribution >= 4 is 16.9 Å². The van der Waals surface area contributed by atoms with Gasteiger partial charge in [0.15, 0.2) is 0 Å². The van der Waals surface area contributed by atoms with Crippen LogP contribution in [0.4, 0.5) is 0 Å². The van der Waals surface area contributed by atoms with Crippen molar-refractivity contribution in [2.24, 2.45) is 0 Å². The highest BCUT2D eigenvalue weighted by Crippen LogP contribution is 2.28. The minimum Gasteiger partial charge on any atom is -0.491 e. The van der Waals surface area contributed by atoms with Gasteiger partial charge in [-0.1, -0.05) is 42.8 Å². The van der Waals surface area contributed by atoms with Crippen LogP contribution in [0, 0.1) is 6.92 Å². The van der Waals surface area contributed by atoms with Gasteiger partial charge in [-0.2, -0.15) is 0 Å². The minimum atomic E-state index is -0.624. The summed E-state index contributed by atoms with van der Waals surface area (Å²) in [7, 11) is 1.60. The molecule has 3 rings (SSSR count). The van der Waals surface area contributed by atoms with Crippen LogP contribution in [0.25, 0.3) is 11.0 Å². The lowest BCUT2D eigenvalue weighted by Crippen LogP contribution is -2.41. The lowest BCUT2D eigenvalue weighted by molar-refractivity contribution is -0.0997. The monoisotopic (exact) mass is 427 g/mol. The van der Waals surface area contributed by atoms with Crippen LogP contribution in [-0.4, -0.2) is 49.1 Å². The Morgan fingerprint density at radius 3 is 2.58 bits per heavy atom. The molecule has 1 amide bonds. The van der Waals surface area contributed by atoms with E-state index in [9.17, 15) is 10.0 Å². The summed E-state index contributed by atoms with van der Waals surface area (Å²) < 4.78 is 22.2. The van der Waals surface area contributed by atoms with Crippen LogP contribution in [0.2, 0.25) is 0 Å². The molecule has 7 heteroatoms. The predicted molar refractivity (Wildman–Crippen MR) is 116 cm³/mol. The van der Waals surface area contributed by atoms with Gasteiger partial charge in [-0.05, 0) is 31.5 Å². The van der Waals surface area contributed by atoms with Crippen LogP contribution in [0.15, 0.2) is 52.9 Å². The van der Waals surface area contributed by atoms with Crippen molar-refractivity contribution in [2.45, 2.75) is 32.9 Å². The third kappa shape index (κ3) is 5.64. The molecule has 2 aromatic carbocycles. The van der Waals surface area contributed by atoms with Crippen molar-refractivity contribution in [1.82, 2.24) is 5.06 Å². The van der Waals surface area contributed by atoms with E-state index in [0.717, 1.165) is 10.9 Å². The summed E-state index contributed by atoms with van der Waals surface area (Å²) in [5.74, 6) is 0.122. The first-order valence-corrected chi connectivity index (χ1v) is 10.3. The number of methoxy groups -OCH3 is 1. The molecule has 0 spiro atoms. The van der Waals surface area contributed by atoms with Crippen LogP contribution in [0.5, 0.6) is 5.75 Å². The molecule has 0 aliphatic heterocycles. The molecule has 3 aromatic rings. The number of carbonyl (C=O) groups is 1.